The Labute approximate surface area is 105 Å². The van der Waals surface area contributed by atoms with Crippen molar-refractivity contribution in [3.05, 3.63) is 28.4 Å². The Morgan fingerprint density at radius 2 is 2.24 bits per heavy atom. The molecule has 0 radical (unpaired) electrons. The minimum Gasteiger partial charge on any atom is -0.497 e. The number of carbonyl (C=O) groups is 1. The van der Waals surface area contributed by atoms with E-state index in [1.165, 1.54) is 0 Å². The Kier molecular flexibility index (Phi) is 3.10. The summed E-state index contributed by atoms with van der Waals surface area (Å²) in [5.41, 5.74) is 6.38. The summed E-state index contributed by atoms with van der Waals surface area (Å²) in [6.45, 7) is 0. The first-order chi connectivity index (χ1) is 8.13. The number of amides is 1. The Morgan fingerprint density at radius 1 is 1.47 bits per heavy atom. The van der Waals surface area contributed by atoms with Crippen LogP contribution in [0.2, 0.25) is 0 Å². The summed E-state index contributed by atoms with van der Waals surface area (Å²) in [6.07, 6.45) is 0. The first-order valence-corrected chi connectivity index (χ1v) is 5.47. The fourth-order valence-corrected chi connectivity index (χ4v) is 1.84. The molecule has 1 heterocycles. The zero-order chi connectivity index (χ0) is 12.4. The summed E-state index contributed by atoms with van der Waals surface area (Å²) in [4.78, 5) is 11.2. The van der Waals surface area contributed by atoms with Gasteiger partial charge in [-0.25, -0.2) is 0 Å². The monoisotopic (exact) mass is 296 g/mol. The van der Waals surface area contributed by atoms with E-state index in [1.54, 1.807) is 25.3 Å². The van der Waals surface area contributed by atoms with Gasteiger partial charge in [0.05, 0.1) is 7.11 Å². The number of primary amides is 1. The maximum atomic E-state index is 11.2. The molecule has 1 aromatic carbocycles. The Balaban J connectivity index is 2.59. The molecule has 1 aromatic heterocycles. The maximum Gasteiger partial charge on any atom is 0.271 e. The normalized spacial score (nSPS) is 10.2. The summed E-state index contributed by atoms with van der Waals surface area (Å²) < 4.78 is 5.89. The number of hydrogen-bond donors (Lipinski definition) is 2. The molecular formula is C10H9BrN4O2. The highest BCUT2D eigenvalue weighted by molar-refractivity contribution is 9.10. The molecule has 0 saturated carbocycles. The Morgan fingerprint density at radius 3 is 2.88 bits per heavy atom. The van der Waals surface area contributed by atoms with Gasteiger partial charge in [-0.15, -0.1) is 0 Å². The van der Waals surface area contributed by atoms with Gasteiger partial charge in [0, 0.05) is 10.0 Å². The van der Waals surface area contributed by atoms with Gasteiger partial charge < -0.3 is 10.5 Å². The standard InChI is InChI=1S/C10H9BrN4O2/c1-17-5-2-3-7(11)6(4-5)8-9(10(12)16)14-15-13-8/h2-4H,1H3,(H2,12,16)(H,13,14,15). The number of carbonyl (C=O) groups excluding carboxylic acids is 1. The molecule has 6 nitrogen and oxygen atoms in total. The van der Waals surface area contributed by atoms with E-state index in [2.05, 4.69) is 31.3 Å². The number of methoxy groups -OCH3 is 1. The molecule has 0 saturated heterocycles. The van der Waals surface area contributed by atoms with E-state index in [0.717, 1.165) is 4.47 Å². The van der Waals surface area contributed by atoms with E-state index >= 15 is 0 Å². The van der Waals surface area contributed by atoms with Crippen molar-refractivity contribution < 1.29 is 9.53 Å². The van der Waals surface area contributed by atoms with Crippen LogP contribution in [0.5, 0.6) is 5.75 Å². The predicted octanol–water partition coefficient (Wildman–Crippen LogP) is 1.34. The van der Waals surface area contributed by atoms with E-state index in [1.807, 2.05) is 0 Å². The summed E-state index contributed by atoms with van der Waals surface area (Å²) in [5.74, 6) is 0.0186. The molecule has 17 heavy (non-hydrogen) atoms. The first-order valence-electron chi connectivity index (χ1n) is 4.68. The van der Waals surface area contributed by atoms with Gasteiger partial charge in [-0.05, 0) is 18.2 Å². The lowest BCUT2D eigenvalue weighted by Crippen LogP contribution is -2.12. The van der Waals surface area contributed by atoms with Gasteiger partial charge >= 0.3 is 0 Å². The number of hydrogen-bond acceptors (Lipinski definition) is 4. The second-order valence-electron chi connectivity index (χ2n) is 3.23. The number of aromatic nitrogens is 3. The fourth-order valence-electron chi connectivity index (χ4n) is 1.40. The van der Waals surface area contributed by atoms with Gasteiger partial charge in [0.15, 0.2) is 5.69 Å². The summed E-state index contributed by atoms with van der Waals surface area (Å²) >= 11 is 3.37. The molecule has 0 aliphatic rings. The average Bonchev–Trinajstić information content (AvgIpc) is 2.78. The van der Waals surface area contributed by atoms with Crippen LogP contribution in [0.3, 0.4) is 0 Å². The molecule has 3 N–H and O–H groups in total. The van der Waals surface area contributed by atoms with Crippen molar-refractivity contribution in [2.45, 2.75) is 0 Å². The zero-order valence-corrected chi connectivity index (χ0v) is 10.5. The number of aromatic amines is 1. The van der Waals surface area contributed by atoms with Crippen LogP contribution in [0.25, 0.3) is 11.3 Å². The van der Waals surface area contributed by atoms with E-state index in [9.17, 15) is 4.79 Å². The van der Waals surface area contributed by atoms with Crippen LogP contribution in [0.4, 0.5) is 0 Å². The van der Waals surface area contributed by atoms with Crippen LogP contribution in [-0.4, -0.2) is 28.4 Å². The molecule has 0 aliphatic carbocycles. The molecular weight excluding hydrogens is 288 g/mol. The lowest BCUT2D eigenvalue weighted by Gasteiger charge is -2.05. The minimum atomic E-state index is -0.636. The molecule has 0 atom stereocenters. The smallest absolute Gasteiger partial charge is 0.271 e. The highest BCUT2D eigenvalue weighted by Gasteiger charge is 2.17. The van der Waals surface area contributed by atoms with Crippen molar-refractivity contribution in [3.63, 3.8) is 0 Å². The highest BCUT2D eigenvalue weighted by Crippen LogP contribution is 2.31. The number of rotatable bonds is 3. The van der Waals surface area contributed by atoms with Crippen LogP contribution in [-0.2, 0) is 0 Å². The van der Waals surface area contributed by atoms with Crippen LogP contribution >= 0.6 is 15.9 Å². The number of ether oxygens (including phenoxy) is 1. The zero-order valence-electron chi connectivity index (χ0n) is 8.90. The number of H-pyrrole nitrogens is 1. The van der Waals surface area contributed by atoms with Crippen LogP contribution in [0.15, 0.2) is 22.7 Å². The molecule has 88 valence electrons. The first kappa shape index (κ1) is 11.6. The molecule has 0 bridgehead atoms. The molecule has 7 heteroatoms. The number of nitrogens with one attached hydrogen (secondary N) is 1. The third-order valence-electron chi connectivity index (χ3n) is 2.21. The fraction of sp³-hybridized carbons (Fsp3) is 0.100. The molecule has 0 unspecified atom stereocenters. The third-order valence-corrected chi connectivity index (χ3v) is 2.90. The van der Waals surface area contributed by atoms with Crippen molar-refractivity contribution in [1.29, 1.82) is 0 Å². The molecule has 2 aromatic rings. The Bertz CT molecular complexity index is 567. The van der Waals surface area contributed by atoms with Crippen molar-refractivity contribution in [2.75, 3.05) is 7.11 Å². The molecule has 0 spiro atoms. The molecule has 0 aliphatic heterocycles. The second kappa shape index (κ2) is 4.54. The lowest BCUT2D eigenvalue weighted by atomic mass is 10.1. The van der Waals surface area contributed by atoms with Gasteiger partial charge in [-0.3, -0.25) is 4.79 Å². The molecule has 2 rings (SSSR count). The number of nitrogens with two attached hydrogens (primary N) is 1. The van der Waals surface area contributed by atoms with Crippen LogP contribution in [0, 0.1) is 0 Å². The second-order valence-corrected chi connectivity index (χ2v) is 4.09. The van der Waals surface area contributed by atoms with Gasteiger partial charge in [0.1, 0.15) is 11.4 Å². The van der Waals surface area contributed by atoms with Gasteiger partial charge in [-0.2, -0.15) is 15.4 Å². The number of benzene rings is 1. The summed E-state index contributed by atoms with van der Waals surface area (Å²) in [7, 11) is 1.56. The Hall–Kier alpha value is -1.89. The van der Waals surface area contributed by atoms with E-state index in [0.29, 0.717) is 17.0 Å². The van der Waals surface area contributed by atoms with E-state index in [4.69, 9.17) is 10.5 Å². The SMILES string of the molecule is COc1ccc(Br)c(-c2n[nH]nc2C(N)=O)c1. The topological polar surface area (TPSA) is 93.9 Å². The van der Waals surface area contributed by atoms with E-state index < -0.39 is 5.91 Å². The van der Waals surface area contributed by atoms with Crippen molar-refractivity contribution >= 4 is 21.8 Å². The third kappa shape index (κ3) is 2.14. The van der Waals surface area contributed by atoms with Crippen molar-refractivity contribution in [3.8, 4) is 17.0 Å². The highest BCUT2D eigenvalue weighted by atomic mass is 79.9. The molecule has 0 fully saturated rings. The largest absolute Gasteiger partial charge is 0.497 e. The average molecular weight is 297 g/mol. The van der Waals surface area contributed by atoms with Crippen LogP contribution in [0.1, 0.15) is 10.5 Å². The minimum absolute atomic E-state index is 0.0963. The number of halogens is 1. The van der Waals surface area contributed by atoms with Gasteiger partial charge in [-0.1, -0.05) is 15.9 Å². The lowest BCUT2D eigenvalue weighted by molar-refractivity contribution is 0.0996. The quantitative estimate of drug-likeness (QED) is 0.894. The van der Waals surface area contributed by atoms with E-state index in [-0.39, 0.29) is 5.69 Å². The summed E-state index contributed by atoms with van der Waals surface area (Å²) in [5, 5.41) is 10.0. The van der Waals surface area contributed by atoms with Crippen molar-refractivity contribution in [1.82, 2.24) is 15.4 Å². The van der Waals surface area contributed by atoms with Gasteiger partial charge in [0.25, 0.3) is 5.91 Å². The number of nitrogens with zero attached hydrogens (tertiary/aromatic N) is 2. The molecule has 1 amide bonds. The maximum absolute atomic E-state index is 11.2. The van der Waals surface area contributed by atoms with Crippen molar-refractivity contribution in [2.24, 2.45) is 5.73 Å². The van der Waals surface area contributed by atoms with Crippen LogP contribution < -0.4 is 10.5 Å². The summed E-state index contributed by atoms with van der Waals surface area (Å²) in [6, 6.07) is 5.33. The predicted molar refractivity (Wildman–Crippen MR) is 64.6 cm³/mol. The van der Waals surface area contributed by atoms with Gasteiger partial charge in [0.2, 0.25) is 0 Å².